The van der Waals surface area contributed by atoms with Crippen molar-refractivity contribution in [2.75, 3.05) is 26.8 Å². The van der Waals surface area contributed by atoms with Crippen LogP contribution in [-0.2, 0) is 15.2 Å². The van der Waals surface area contributed by atoms with E-state index in [1.807, 2.05) is 0 Å². The summed E-state index contributed by atoms with van der Waals surface area (Å²) < 4.78 is 0. The third-order valence-corrected chi connectivity index (χ3v) is 9.80. The van der Waals surface area contributed by atoms with E-state index < -0.39 is 0 Å². The Morgan fingerprint density at radius 2 is 1.75 bits per heavy atom. The van der Waals surface area contributed by atoms with Crippen LogP contribution in [0.2, 0.25) is 0 Å². The molecular formula is C27H38N2O3. The summed E-state index contributed by atoms with van der Waals surface area (Å²) in [5.74, 6) is 3.90. The van der Waals surface area contributed by atoms with Crippen LogP contribution < -0.4 is 5.32 Å². The van der Waals surface area contributed by atoms with Gasteiger partial charge in [-0.15, -0.1) is 0 Å². The van der Waals surface area contributed by atoms with Crippen molar-refractivity contribution in [1.82, 2.24) is 10.2 Å². The summed E-state index contributed by atoms with van der Waals surface area (Å²) in [5.41, 5.74) is 3.22. The number of nitrogens with one attached hydrogen (secondary N) is 1. The van der Waals surface area contributed by atoms with Crippen molar-refractivity contribution in [2.24, 2.45) is 23.7 Å². The molecule has 5 heteroatoms. The molecule has 1 aromatic carbocycles. The fourth-order valence-corrected chi connectivity index (χ4v) is 8.56. The van der Waals surface area contributed by atoms with Crippen molar-refractivity contribution in [3.05, 3.63) is 35.4 Å². The van der Waals surface area contributed by atoms with Gasteiger partial charge < -0.3 is 10.2 Å². The lowest BCUT2D eigenvalue weighted by atomic mass is 9.54. The van der Waals surface area contributed by atoms with Gasteiger partial charge in [-0.1, -0.05) is 24.3 Å². The van der Waals surface area contributed by atoms with E-state index in [-0.39, 0.29) is 11.4 Å². The first kappa shape index (κ1) is 21.0. The number of fused-ring (bicyclic) bond motifs is 2. The Kier molecular flexibility index (Phi) is 5.46. The van der Waals surface area contributed by atoms with Crippen LogP contribution in [0.5, 0.6) is 0 Å². The van der Waals surface area contributed by atoms with Crippen LogP contribution in [0.25, 0.3) is 0 Å². The van der Waals surface area contributed by atoms with E-state index in [0.29, 0.717) is 18.6 Å². The Hall–Kier alpha value is -1.59. The number of piperidine rings is 1. The van der Waals surface area contributed by atoms with Gasteiger partial charge in [-0.3, -0.25) is 0 Å². The molecule has 0 aromatic heterocycles. The van der Waals surface area contributed by atoms with Gasteiger partial charge in [0.05, 0.1) is 13.7 Å². The fraction of sp³-hybridized carbons (Fsp3) is 0.741. The topological polar surface area (TPSA) is 50.8 Å². The highest BCUT2D eigenvalue weighted by atomic mass is 17.2. The van der Waals surface area contributed by atoms with Crippen LogP contribution in [0.1, 0.15) is 74.8 Å². The van der Waals surface area contributed by atoms with Crippen molar-refractivity contribution >= 4 is 6.03 Å². The van der Waals surface area contributed by atoms with Crippen LogP contribution in [0, 0.1) is 23.7 Å². The molecule has 7 rings (SSSR count). The summed E-state index contributed by atoms with van der Waals surface area (Å²) in [6, 6.07) is 9.61. The average molecular weight is 439 g/mol. The van der Waals surface area contributed by atoms with Crippen LogP contribution >= 0.6 is 0 Å². The largest absolute Gasteiger partial charge is 0.335 e. The molecule has 2 amide bonds. The molecule has 1 spiro atoms. The Morgan fingerprint density at radius 1 is 1.06 bits per heavy atom. The Labute approximate surface area is 192 Å². The van der Waals surface area contributed by atoms with E-state index in [9.17, 15) is 4.79 Å². The normalized spacial score (nSPS) is 36.5. The number of hydrogen-bond acceptors (Lipinski definition) is 3. The SMILES string of the molecule is COOCCC1CC2(CCN(C(=O)NC3C4CC5CC(C4)CC3C5)CC2)c2ccccc21. The zero-order chi connectivity index (χ0) is 21.7. The molecule has 1 saturated heterocycles. The average Bonchev–Trinajstić information content (AvgIpc) is 3.10. The van der Waals surface area contributed by atoms with Crippen LogP contribution in [0.4, 0.5) is 4.79 Å². The third kappa shape index (κ3) is 3.56. The molecule has 6 aliphatic rings. The van der Waals surface area contributed by atoms with Gasteiger partial charge in [0.15, 0.2) is 0 Å². The van der Waals surface area contributed by atoms with Crippen molar-refractivity contribution in [3.8, 4) is 0 Å². The summed E-state index contributed by atoms with van der Waals surface area (Å²) in [4.78, 5) is 25.4. The number of carbonyl (C=O) groups excluding carboxylic acids is 1. The van der Waals surface area contributed by atoms with Crippen LogP contribution in [-0.4, -0.2) is 43.8 Å². The first-order valence-corrected chi connectivity index (χ1v) is 13.0. The van der Waals surface area contributed by atoms with Gasteiger partial charge in [0.2, 0.25) is 0 Å². The molecule has 1 aromatic rings. The molecule has 1 heterocycles. The van der Waals surface area contributed by atoms with E-state index in [4.69, 9.17) is 9.78 Å². The molecule has 1 N–H and O–H groups in total. The van der Waals surface area contributed by atoms with Gasteiger partial charge in [0, 0.05) is 19.1 Å². The maximum Gasteiger partial charge on any atom is 0.317 e. The molecule has 1 atom stereocenters. The summed E-state index contributed by atoms with van der Waals surface area (Å²) >= 11 is 0. The predicted octanol–water partition coefficient (Wildman–Crippen LogP) is 5.01. The Morgan fingerprint density at radius 3 is 2.44 bits per heavy atom. The number of nitrogens with zero attached hydrogens (tertiary/aromatic N) is 1. The highest BCUT2D eigenvalue weighted by molar-refractivity contribution is 5.75. The second-order valence-electron chi connectivity index (χ2n) is 11.4. The smallest absolute Gasteiger partial charge is 0.317 e. The van der Waals surface area contributed by atoms with E-state index in [1.165, 1.54) is 49.7 Å². The van der Waals surface area contributed by atoms with E-state index >= 15 is 0 Å². The van der Waals surface area contributed by atoms with Crippen molar-refractivity contribution in [1.29, 1.82) is 0 Å². The predicted molar refractivity (Wildman–Crippen MR) is 123 cm³/mol. The molecular weight excluding hydrogens is 400 g/mol. The lowest BCUT2D eigenvalue weighted by molar-refractivity contribution is -0.273. The van der Waals surface area contributed by atoms with E-state index in [2.05, 4.69) is 34.5 Å². The number of amides is 2. The molecule has 1 unspecified atom stereocenters. The standard InChI is InChI=1S/C27H38N2O3/c1-31-32-11-6-20-17-27(24-5-3-2-4-23(20)24)7-9-29(10-8-27)26(30)28-25-21-13-18-12-19(15-21)16-22(25)14-18/h2-5,18-22,25H,6-17H2,1H3,(H,28,30). The first-order valence-electron chi connectivity index (χ1n) is 13.0. The monoisotopic (exact) mass is 438 g/mol. The van der Waals surface area contributed by atoms with E-state index in [0.717, 1.165) is 56.0 Å². The highest BCUT2D eigenvalue weighted by Crippen LogP contribution is 2.54. The van der Waals surface area contributed by atoms with Crippen LogP contribution in [0.15, 0.2) is 24.3 Å². The van der Waals surface area contributed by atoms with Gasteiger partial charge in [0.25, 0.3) is 0 Å². The maximum absolute atomic E-state index is 13.3. The fourth-order valence-electron chi connectivity index (χ4n) is 8.56. The molecule has 4 bridgehead atoms. The highest BCUT2D eigenvalue weighted by Gasteiger charge is 2.50. The summed E-state index contributed by atoms with van der Waals surface area (Å²) in [5, 5.41) is 3.53. The molecule has 0 radical (unpaired) electrons. The minimum Gasteiger partial charge on any atom is -0.335 e. The number of benzene rings is 1. The maximum atomic E-state index is 13.3. The van der Waals surface area contributed by atoms with Crippen molar-refractivity contribution < 1.29 is 14.6 Å². The van der Waals surface area contributed by atoms with Crippen molar-refractivity contribution in [2.45, 2.75) is 75.2 Å². The van der Waals surface area contributed by atoms with Crippen molar-refractivity contribution in [3.63, 3.8) is 0 Å². The minimum absolute atomic E-state index is 0.202. The van der Waals surface area contributed by atoms with Gasteiger partial charge >= 0.3 is 6.03 Å². The quantitative estimate of drug-likeness (QED) is 0.399. The molecule has 32 heavy (non-hydrogen) atoms. The molecule has 4 saturated carbocycles. The molecule has 5 fully saturated rings. The molecule has 174 valence electrons. The number of rotatable bonds is 5. The van der Waals surface area contributed by atoms with Gasteiger partial charge in [-0.25, -0.2) is 14.6 Å². The second kappa shape index (κ2) is 8.32. The number of urea groups is 1. The molecule has 5 aliphatic carbocycles. The lowest BCUT2D eigenvalue weighted by Crippen LogP contribution is -2.59. The van der Waals surface area contributed by atoms with Gasteiger partial charge in [-0.05, 0) is 104 Å². The Bertz CT molecular complexity index is 819. The second-order valence-corrected chi connectivity index (χ2v) is 11.4. The van der Waals surface area contributed by atoms with Crippen LogP contribution in [0.3, 0.4) is 0 Å². The summed E-state index contributed by atoms with van der Waals surface area (Å²) in [6.07, 6.45) is 11.2. The number of carbonyl (C=O) groups is 1. The molecule has 5 nitrogen and oxygen atoms in total. The van der Waals surface area contributed by atoms with Gasteiger partial charge in [0.1, 0.15) is 0 Å². The molecule has 1 aliphatic heterocycles. The first-order chi connectivity index (χ1) is 15.6. The third-order valence-electron chi connectivity index (χ3n) is 9.80. The zero-order valence-electron chi connectivity index (χ0n) is 19.4. The van der Waals surface area contributed by atoms with Gasteiger partial charge in [-0.2, -0.15) is 0 Å². The number of likely N-dealkylation sites (tertiary alicyclic amines) is 1. The summed E-state index contributed by atoms with van der Waals surface area (Å²) in [6.45, 7) is 2.37. The minimum atomic E-state index is 0.202. The van der Waals surface area contributed by atoms with E-state index in [1.54, 1.807) is 7.11 Å². The summed E-state index contributed by atoms with van der Waals surface area (Å²) in [7, 11) is 1.58. The lowest BCUT2D eigenvalue weighted by Gasteiger charge is -2.54. The Balaban J connectivity index is 1.09. The number of hydrogen-bond donors (Lipinski definition) is 1. The zero-order valence-corrected chi connectivity index (χ0v) is 19.4.